The van der Waals surface area contributed by atoms with Crippen LogP contribution in [0.3, 0.4) is 0 Å². The number of halogens is 1. The van der Waals surface area contributed by atoms with Gasteiger partial charge in [0.25, 0.3) is 0 Å². The number of benzene rings is 1. The standard InChI is InChI=1S/C14H16IN3O/c1-9-13(10(2)18(3)17-9)8-14(19)16-12-6-4-5-11(15)7-12/h4-7H,8H2,1-3H3,(H,16,19). The Kier molecular flexibility index (Phi) is 4.24. The third kappa shape index (κ3) is 3.34. The van der Waals surface area contributed by atoms with Crippen molar-refractivity contribution in [2.45, 2.75) is 20.3 Å². The van der Waals surface area contributed by atoms with E-state index in [4.69, 9.17) is 0 Å². The minimum Gasteiger partial charge on any atom is -0.326 e. The van der Waals surface area contributed by atoms with Gasteiger partial charge in [-0.3, -0.25) is 9.48 Å². The van der Waals surface area contributed by atoms with E-state index in [-0.39, 0.29) is 5.91 Å². The first-order valence-electron chi connectivity index (χ1n) is 6.02. The Hall–Kier alpha value is -1.37. The zero-order valence-corrected chi connectivity index (χ0v) is 13.4. The van der Waals surface area contributed by atoms with Gasteiger partial charge in [-0.25, -0.2) is 0 Å². The fourth-order valence-electron chi connectivity index (χ4n) is 2.01. The highest BCUT2D eigenvalue weighted by Crippen LogP contribution is 2.15. The Balaban J connectivity index is 2.09. The minimum absolute atomic E-state index is 0.0128. The van der Waals surface area contributed by atoms with Gasteiger partial charge in [-0.15, -0.1) is 0 Å². The van der Waals surface area contributed by atoms with Crippen molar-refractivity contribution in [1.82, 2.24) is 9.78 Å². The summed E-state index contributed by atoms with van der Waals surface area (Å²) in [4.78, 5) is 12.1. The summed E-state index contributed by atoms with van der Waals surface area (Å²) in [6, 6.07) is 7.76. The highest BCUT2D eigenvalue weighted by atomic mass is 127. The lowest BCUT2D eigenvalue weighted by Gasteiger charge is -2.06. The van der Waals surface area contributed by atoms with E-state index in [2.05, 4.69) is 33.0 Å². The number of carbonyl (C=O) groups is 1. The van der Waals surface area contributed by atoms with Gasteiger partial charge in [-0.1, -0.05) is 6.07 Å². The molecule has 0 fully saturated rings. The molecule has 2 rings (SSSR count). The molecule has 0 aliphatic carbocycles. The van der Waals surface area contributed by atoms with Crippen LogP contribution < -0.4 is 5.32 Å². The van der Waals surface area contributed by atoms with Gasteiger partial charge in [0.2, 0.25) is 5.91 Å². The fourth-order valence-corrected chi connectivity index (χ4v) is 2.55. The Morgan fingerprint density at radius 1 is 1.42 bits per heavy atom. The van der Waals surface area contributed by atoms with Crippen LogP contribution in [0.15, 0.2) is 24.3 Å². The van der Waals surface area contributed by atoms with Gasteiger partial charge in [0.15, 0.2) is 0 Å². The van der Waals surface area contributed by atoms with Crippen LogP contribution in [-0.2, 0) is 18.3 Å². The van der Waals surface area contributed by atoms with E-state index in [0.29, 0.717) is 6.42 Å². The maximum Gasteiger partial charge on any atom is 0.228 e. The maximum atomic E-state index is 12.1. The number of nitrogens with zero attached hydrogens (tertiary/aromatic N) is 2. The molecular weight excluding hydrogens is 353 g/mol. The molecule has 0 saturated heterocycles. The molecule has 0 spiro atoms. The highest BCUT2D eigenvalue weighted by molar-refractivity contribution is 14.1. The average Bonchev–Trinajstić information content (AvgIpc) is 2.56. The van der Waals surface area contributed by atoms with Crippen molar-refractivity contribution in [3.05, 3.63) is 44.8 Å². The molecule has 19 heavy (non-hydrogen) atoms. The van der Waals surface area contributed by atoms with Gasteiger partial charge in [0.05, 0.1) is 12.1 Å². The van der Waals surface area contributed by atoms with Crippen LogP contribution in [0, 0.1) is 17.4 Å². The largest absolute Gasteiger partial charge is 0.326 e. The first kappa shape index (κ1) is 14.0. The number of carbonyl (C=O) groups excluding carboxylic acids is 1. The van der Waals surface area contributed by atoms with Gasteiger partial charge in [0.1, 0.15) is 0 Å². The van der Waals surface area contributed by atoms with E-state index in [0.717, 1.165) is 26.2 Å². The average molecular weight is 369 g/mol. The van der Waals surface area contributed by atoms with E-state index >= 15 is 0 Å². The van der Waals surface area contributed by atoms with E-state index in [1.807, 2.05) is 49.8 Å². The zero-order chi connectivity index (χ0) is 14.0. The van der Waals surface area contributed by atoms with Crippen LogP contribution in [0.2, 0.25) is 0 Å². The summed E-state index contributed by atoms with van der Waals surface area (Å²) in [7, 11) is 1.89. The minimum atomic E-state index is -0.0128. The van der Waals surface area contributed by atoms with E-state index in [1.165, 1.54) is 0 Å². The van der Waals surface area contributed by atoms with Crippen LogP contribution in [0.25, 0.3) is 0 Å². The van der Waals surface area contributed by atoms with Crippen molar-refractivity contribution in [3.8, 4) is 0 Å². The predicted molar refractivity (Wildman–Crippen MR) is 84.2 cm³/mol. The molecule has 1 N–H and O–H groups in total. The molecule has 4 nitrogen and oxygen atoms in total. The molecule has 100 valence electrons. The number of aromatic nitrogens is 2. The summed E-state index contributed by atoms with van der Waals surface area (Å²) in [6.45, 7) is 3.91. The molecule has 0 radical (unpaired) electrons. The van der Waals surface area contributed by atoms with Gasteiger partial charge < -0.3 is 5.32 Å². The number of nitrogens with one attached hydrogen (secondary N) is 1. The molecular formula is C14H16IN3O. The van der Waals surface area contributed by atoms with Crippen molar-refractivity contribution in [3.63, 3.8) is 0 Å². The van der Waals surface area contributed by atoms with E-state index in [1.54, 1.807) is 0 Å². The number of anilines is 1. The maximum absolute atomic E-state index is 12.1. The Morgan fingerprint density at radius 3 is 2.74 bits per heavy atom. The first-order chi connectivity index (χ1) is 8.97. The van der Waals surface area contributed by atoms with Gasteiger partial charge >= 0.3 is 0 Å². The fraction of sp³-hybridized carbons (Fsp3) is 0.286. The normalized spacial score (nSPS) is 10.5. The molecule has 0 saturated carbocycles. The third-order valence-corrected chi connectivity index (χ3v) is 3.78. The summed E-state index contributed by atoms with van der Waals surface area (Å²) in [5, 5.41) is 7.23. The van der Waals surface area contributed by atoms with Crippen molar-refractivity contribution < 1.29 is 4.79 Å². The second kappa shape index (κ2) is 5.73. The smallest absolute Gasteiger partial charge is 0.228 e. The van der Waals surface area contributed by atoms with Crippen molar-refractivity contribution in [2.75, 3.05) is 5.32 Å². The SMILES string of the molecule is Cc1nn(C)c(C)c1CC(=O)Nc1cccc(I)c1. The molecule has 2 aromatic rings. The lowest BCUT2D eigenvalue weighted by molar-refractivity contribution is -0.115. The number of aryl methyl sites for hydroxylation is 2. The van der Waals surface area contributed by atoms with Crippen molar-refractivity contribution >= 4 is 34.2 Å². The molecule has 1 aromatic carbocycles. The number of hydrogen-bond acceptors (Lipinski definition) is 2. The monoisotopic (exact) mass is 369 g/mol. The molecule has 1 heterocycles. The van der Waals surface area contributed by atoms with Gasteiger partial charge in [-0.2, -0.15) is 5.10 Å². The summed E-state index contributed by atoms with van der Waals surface area (Å²) in [6.07, 6.45) is 0.358. The quantitative estimate of drug-likeness (QED) is 0.846. The number of amides is 1. The van der Waals surface area contributed by atoms with Crippen LogP contribution in [-0.4, -0.2) is 15.7 Å². The molecule has 0 bridgehead atoms. The molecule has 0 aliphatic rings. The van der Waals surface area contributed by atoms with Crippen LogP contribution in [0.1, 0.15) is 17.0 Å². The number of rotatable bonds is 3. The van der Waals surface area contributed by atoms with Gasteiger partial charge in [-0.05, 0) is 54.6 Å². The topological polar surface area (TPSA) is 46.9 Å². The van der Waals surface area contributed by atoms with Crippen LogP contribution >= 0.6 is 22.6 Å². The van der Waals surface area contributed by atoms with Crippen molar-refractivity contribution in [1.29, 1.82) is 0 Å². The summed E-state index contributed by atoms with van der Waals surface area (Å²) in [5.74, 6) is -0.0128. The molecule has 0 atom stereocenters. The van der Waals surface area contributed by atoms with Gasteiger partial charge in [0, 0.05) is 27.6 Å². The van der Waals surface area contributed by atoms with Crippen LogP contribution in [0.5, 0.6) is 0 Å². The Bertz CT molecular complexity index is 619. The number of hydrogen-bond donors (Lipinski definition) is 1. The molecule has 0 unspecified atom stereocenters. The summed E-state index contributed by atoms with van der Waals surface area (Å²) >= 11 is 2.23. The second-order valence-corrected chi connectivity index (χ2v) is 5.75. The zero-order valence-electron chi connectivity index (χ0n) is 11.2. The first-order valence-corrected chi connectivity index (χ1v) is 7.09. The van der Waals surface area contributed by atoms with Crippen molar-refractivity contribution in [2.24, 2.45) is 7.05 Å². The lowest BCUT2D eigenvalue weighted by Crippen LogP contribution is -2.15. The Labute approximate surface area is 126 Å². The molecule has 5 heteroatoms. The lowest BCUT2D eigenvalue weighted by atomic mass is 10.1. The summed E-state index contributed by atoms with van der Waals surface area (Å²) in [5.41, 5.74) is 3.79. The Morgan fingerprint density at radius 2 is 2.16 bits per heavy atom. The molecule has 1 aromatic heterocycles. The molecule has 1 amide bonds. The van der Waals surface area contributed by atoms with Crippen LogP contribution in [0.4, 0.5) is 5.69 Å². The summed E-state index contributed by atoms with van der Waals surface area (Å²) < 4.78 is 2.91. The van der Waals surface area contributed by atoms with E-state index < -0.39 is 0 Å². The predicted octanol–water partition coefficient (Wildman–Crippen LogP) is 2.82. The third-order valence-electron chi connectivity index (χ3n) is 3.10. The van der Waals surface area contributed by atoms with E-state index in [9.17, 15) is 4.79 Å². The molecule has 0 aliphatic heterocycles. The highest BCUT2D eigenvalue weighted by Gasteiger charge is 2.13. The second-order valence-electron chi connectivity index (χ2n) is 4.51.